The second-order valence-corrected chi connectivity index (χ2v) is 5.62. The van der Waals surface area contributed by atoms with Crippen molar-refractivity contribution in [3.63, 3.8) is 0 Å². The van der Waals surface area contributed by atoms with Gasteiger partial charge in [0.1, 0.15) is 0 Å². The first-order valence-corrected chi connectivity index (χ1v) is 6.46. The van der Waals surface area contributed by atoms with Crippen molar-refractivity contribution in [2.24, 2.45) is 0 Å². The van der Waals surface area contributed by atoms with Crippen molar-refractivity contribution in [1.82, 2.24) is 4.98 Å². The summed E-state index contributed by atoms with van der Waals surface area (Å²) in [6.07, 6.45) is 1.19. The molecule has 1 N–H and O–H groups in total. The molecule has 5 nitrogen and oxygen atoms in total. The van der Waals surface area contributed by atoms with E-state index in [0.29, 0.717) is 5.69 Å². The fraction of sp³-hybridized carbons (Fsp3) is 0.643. The summed E-state index contributed by atoms with van der Waals surface area (Å²) >= 11 is 0. The van der Waals surface area contributed by atoms with Crippen LogP contribution in [0.15, 0.2) is 18.3 Å². The SMILES string of the molecule is COC(OC)c1ccc([B]OC(C)(C)C(C)(C)O)cn1. The van der Waals surface area contributed by atoms with Gasteiger partial charge in [-0.3, -0.25) is 4.98 Å². The quantitative estimate of drug-likeness (QED) is 0.600. The van der Waals surface area contributed by atoms with Crippen molar-refractivity contribution in [2.45, 2.75) is 45.2 Å². The smallest absolute Gasteiger partial charge is 0.332 e. The molecule has 1 aromatic heterocycles. The molecule has 6 heteroatoms. The van der Waals surface area contributed by atoms with Crippen LogP contribution in [0.1, 0.15) is 39.7 Å². The van der Waals surface area contributed by atoms with Crippen LogP contribution in [-0.2, 0) is 14.1 Å². The molecule has 1 radical (unpaired) electrons. The van der Waals surface area contributed by atoms with Crippen LogP contribution in [0.4, 0.5) is 0 Å². The van der Waals surface area contributed by atoms with E-state index in [1.807, 2.05) is 26.0 Å². The average Bonchev–Trinajstić information content (AvgIpc) is 2.38. The highest BCUT2D eigenvalue weighted by atomic mass is 16.7. The number of aliphatic hydroxyl groups is 1. The van der Waals surface area contributed by atoms with E-state index >= 15 is 0 Å². The van der Waals surface area contributed by atoms with Crippen molar-refractivity contribution < 1.29 is 19.2 Å². The Morgan fingerprint density at radius 2 is 1.75 bits per heavy atom. The molecule has 0 aliphatic rings. The largest absolute Gasteiger partial charge is 0.427 e. The van der Waals surface area contributed by atoms with E-state index in [4.69, 9.17) is 14.1 Å². The van der Waals surface area contributed by atoms with Gasteiger partial charge in [0.2, 0.25) is 6.29 Å². The molecule has 0 bridgehead atoms. The molecule has 0 fully saturated rings. The molecule has 0 aliphatic heterocycles. The molecule has 0 aliphatic carbocycles. The summed E-state index contributed by atoms with van der Waals surface area (Å²) < 4.78 is 15.9. The van der Waals surface area contributed by atoms with Gasteiger partial charge in [0.15, 0.2) is 0 Å². The Kier molecular flexibility index (Phi) is 5.71. The highest BCUT2D eigenvalue weighted by Crippen LogP contribution is 2.24. The highest BCUT2D eigenvalue weighted by molar-refractivity contribution is 6.46. The van der Waals surface area contributed by atoms with Crippen LogP contribution in [0.3, 0.4) is 0 Å². The molecule has 20 heavy (non-hydrogen) atoms. The van der Waals surface area contributed by atoms with Gasteiger partial charge in [0, 0.05) is 20.4 Å². The number of hydrogen-bond acceptors (Lipinski definition) is 5. The second kappa shape index (κ2) is 6.67. The number of aromatic nitrogens is 1. The summed E-state index contributed by atoms with van der Waals surface area (Å²) in [6, 6.07) is 3.66. The standard InChI is InChI=1S/C14H23BNO4/c1-13(2,17)14(3,4)20-15-10-7-8-11(16-9-10)12(18-5)19-6/h7-9,12,17H,1-6H3. The van der Waals surface area contributed by atoms with Crippen molar-refractivity contribution in [1.29, 1.82) is 0 Å². The Labute approximate surface area is 121 Å². The Bertz CT molecular complexity index is 410. The fourth-order valence-corrected chi connectivity index (χ4v) is 1.32. The van der Waals surface area contributed by atoms with Crippen molar-refractivity contribution >= 4 is 12.9 Å². The summed E-state index contributed by atoms with van der Waals surface area (Å²) in [4.78, 5) is 4.26. The topological polar surface area (TPSA) is 60.8 Å². The van der Waals surface area contributed by atoms with Gasteiger partial charge >= 0.3 is 7.48 Å². The Balaban J connectivity index is 2.67. The van der Waals surface area contributed by atoms with Crippen molar-refractivity contribution in [3.05, 3.63) is 24.0 Å². The Morgan fingerprint density at radius 1 is 1.15 bits per heavy atom. The fourth-order valence-electron chi connectivity index (χ4n) is 1.32. The lowest BCUT2D eigenvalue weighted by Crippen LogP contribution is -2.49. The molecule has 0 spiro atoms. The maximum absolute atomic E-state index is 10.0. The molecule has 0 amide bonds. The number of rotatable bonds is 7. The van der Waals surface area contributed by atoms with E-state index in [1.165, 1.54) is 0 Å². The molecule has 0 atom stereocenters. The van der Waals surface area contributed by atoms with Gasteiger partial charge in [-0.05, 0) is 39.2 Å². The summed E-state index contributed by atoms with van der Waals surface area (Å²) in [5.41, 5.74) is -0.160. The Hall–Kier alpha value is -0.945. The number of nitrogens with zero attached hydrogens (tertiary/aromatic N) is 1. The minimum absolute atomic E-state index is 0.474. The van der Waals surface area contributed by atoms with E-state index in [9.17, 15) is 5.11 Å². The third-order valence-electron chi connectivity index (χ3n) is 3.44. The van der Waals surface area contributed by atoms with Crippen molar-refractivity contribution in [2.75, 3.05) is 14.2 Å². The van der Waals surface area contributed by atoms with Gasteiger partial charge in [-0.25, -0.2) is 0 Å². The monoisotopic (exact) mass is 280 g/mol. The van der Waals surface area contributed by atoms with Gasteiger partial charge in [-0.15, -0.1) is 0 Å². The molecule has 0 aromatic carbocycles. The number of hydrogen-bond donors (Lipinski definition) is 1. The third kappa shape index (κ3) is 4.28. The third-order valence-corrected chi connectivity index (χ3v) is 3.44. The molecule has 0 saturated carbocycles. The van der Waals surface area contributed by atoms with E-state index in [-0.39, 0.29) is 0 Å². The predicted molar refractivity (Wildman–Crippen MR) is 77.8 cm³/mol. The highest BCUT2D eigenvalue weighted by Gasteiger charge is 2.35. The van der Waals surface area contributed by atoms with E-state index in [0.717, 1.165) is 5.46 Å². The molecule has 1 rings (SSSR count). The molecule has 1 aromatic rings. The zero-order chi connectivity index (χ0) is 15.4. The summed E-state index contributed by atoms with van der Waals surface area (Å²) in [5, 5.41) is 10.0. The maximum Gasteiger partial charge on any atom is 0.332 e. The summed E-state index contributed by atoms with van der Waals surface area (Å²) in [6.45, 7) is 7.09. The molecule has 111 valence electrons. The van der Waals surface area contributed by atoms with Crippen LogP contribution < -0.4 is 5.46 Å². The molecular weight excluding hydrogens is 257 g/mol. The molecular formula is C14H23BNO4. The molecule has 0 unspecified atom stereocenters. The lowest BCUT2D eigenvalue weighted by atomic mass is 9.83. The number of pyridine rings is 1. The van der Waals surface area contributed by atoms with E-state index < -0.39 is 17.5 Å². The van der Waals surface area contributed by atoms with Gasteiger partial charge < -0.3 is 19.2 Å². The van der Waals surface area contributed by atoms with E-state index in [2.05, 4.69) is 4.98 Å². The van der Waals surface area contributed by atoms with Crippen LogP contribution in [0, 0.1) is 0 Å². The minimum atomic E-state index is -0.950. The zero-order valence-electron chi connectivity index (χ0n) is 13.0. The first-order valence-electron chi connectivity index (χ1n) is 6.46. The van der Waals surface area contributed by atoms with Gasteiger partial charge in [-0.1, -0.05) is 6.07 Å². The normalized spacial score (nSPS) is 12.8. The van der Waals surface area contributed by atoms with Gasteiger partial charge in [0.05, 0.1) is 16.9 Å². The maximum atomic E-state index is 10.0. The number of ether oxygens (including phenoxy) is 2. The predicted octanol–water partition coefficient (Wildman–Crippen LogP) is 1.18. The first kappa shape index (κ1) is 17.1. The van der Waals surface area contributed by atoms with Crippen LogP contribution in [0.2, 0.25) is 0 Å². The second-order valence-electron chi connectivity index (χ2n) is 5.62. The van der Waals surface area contributed by atoms with Crippen LogP contribution >= 0.6 is 0 Å². The first-order chi connectivity index (χ1) is 9.21. The van der Waals surface area contributed by atoms with Crippen LogP contribution in [0.5, 0.6) is 0 Å². The number of methoxy groups -OCH3 is 2. The van der Waals surface area contributed by atoms with Gasteiger partial charge in [0.25, 0.3) is 0 Å². The molecule has 1 heterocycles. The zero-order valence-corrected chi connectivity index (χ0v) is 13.0. The lowest BCUT2D eigenvalue weighted by Gasteiger charge is -2.37. The summed E-state index contributed by atoms with van der Waals surface area (Å²) in [7, 11) is 4.71. The van der Waals surface area contributed by atoms with E-state index in [1.54, 1.807) is 41.7 Å². The molecule has 0 saturated heterocycles. The average molecular weight is 280 g/mol. The lowest BCUT2D eigenvalue weighted by molar-refractivity contribution is -0.108. The van der Waals surface area contributed by atoms with Gasteiger partial charge in [-0.2, -0.15) is 0 Å². The summed E-state index contributed by atoms with van der Waals surface area (Å²) in [5.74, 6) is 0. The van der Waals surface area contributed by atoms with Crippen LogP contribution in [-0.4, -0.2) is 43.0 Å². The van der Waals surface area contributed by atoms with Crippen molar-refractivity contribution in [3.8, 4) is 0 Å². The Morgan fingerprint density at radius 3 is 2.15 bits per heavy atom. The van der Waals surface area contributed by atoms with Crippen LogP contribution in [0.25, 0.3) is 0 Å². The minimum Gasteiger partial charge on any atom is -0.427 e.